The Labute approximate surface area is 105 Å². The van der Waals surface area contributed by atoms with Crippen LogP contribution in [0.2, 0.25) is 0 Å². The van der Waals surface area contributed by atoms with Crippen LogP contribution in [-0.4, -0.2) is 47.8 Å². The van der Waals surface area contributed by atoms with Gasteiger partial charge in [0.1, 0.15) is 0 Å². The van der Waals surface area contributed by atoms with Crippen LogP contribution in [-0.2, 0) is 0 Å². The van der Waals surface area contributed by atoms with E-state index in [1.165, 1.54) is 5.52 Å². The number of aromatic nitrogens is 2. The second-order valence-electron chi connectivity index (χ2n) is 4.52. The average molecular weight is 248 g/mol. The SMILES string of the molecule is CN1CCN(n2c(=S)[nH]c3ccccc32)CC1. The zero-order valence-electron chi connectivity index (χ0n) is 9.89. The molecule has 17 heavy (non-hydrogen) atoms. The molecule has 2 aromatic rings. The van der Waals surface area contributed by atoms with Crippen molar-refractivity contribution in [2.24, 2.45) is 0 Å². The fourth-order valence-corrected chi connectivity index (χ4v) is 2.64. The van der Waals surface area contributed by atoms with Crippen LogP contribution in [0, 0.1) is 4.77 Å². The summed E-state index contributed by atoms with van der Waals surface area (Å²) >= 11 is 5.42. The van der Waals surface area contributed by atoms with Gasteiger partial charge in [0, 0.05) is 26.2 Å². The number of nitrogens with one attached hydrogen (secondary N) is 1. The third-order valence-electron chi connectivity index (χ3n) is 3.33. The van der Waals surface area contributed by atoms with Crippen LogP contribution < -0.4 is 5.01 Å². The molecule has 1 fully saturated rings. The van der Waals surface area contributed by atoms with Crippen molar-refractivity contribution < 1.29 is 0 Å². The van der Waals surface area contributed by atoms with Crippen molar-refractivity contribution in [1.29, 1.82) is 0 Å². The number of piperazine rings is 1. The van der Waals surface area contributed by atoms with Gasteiger partial charge in [-0.25, -0.2) is 4.68 Å². The maximum Gasteiger partial charge on any atom is 0.197 e. The monoisotopic (exact) mass is 248 g/mol. The molecule has 0 aliphatic carbocycles. The number of likely N-dealkylation sites (N-methyl/N-ethyl adjacent to an activating group) is 1. The second-order valence-corrected chi connectivity index (χ2v) is 4.90. The first kappa shape index (κ1) is 10.8. The van der Waals surface area contributed by atoms with Crippen LogP contribution in [0.4, 0.5) is 0 Å². The molecule has 1 saturated heterocycles. The summed E-state index contributed by atoms with van der Waals surface area (Å²) in [4.78, 5) is 5.60. The molecular formula is C12H16N4S. The lowest BCUT2D eigenvalue weighted by Gasteiger charge is -2.34. The quantitative estimate of drug-likeness (QED) is 0.776. The number of rotatable bonds is 1. The molecule has 0 atom stereocenters. The second kappa shape index (κ2) is 4.16. The summed E-state index contributed by atoms with van der Waals surface area (Å²) in [5.74, 6) is 0. The van der Waals surface area contributed by atoms with Crippen molar-refractivity contribution in [3.8, 4) is 0 Å². The summed E-state index contributed by atoms with van der Waals surface area (Å²) in [6, 6.07) is 8.26. The third kappa shape index (κ3) is 1.85. The lowest BCUT2D eigenvalue weighted by molar-refractivity contribution is 0.288. The van der Waals surface area contributed by atoms with Gasteiger partial charge in [-0.3, -0.25) is 0 Å². The minimum Gasteiger partial charge on any atom is -0.329 e. The lowest BCUT2D eigenvalue weighted by Crippen LogP contribution is -2.49. The minimum atomic E-state index is 0.788. The molecule has 0 unspecified atom stereocenters. The zero-order chi connectivity index (χ0) is 11.8. The Hall–Kier alpha value is -1.33. The molecule has 0 radical (unpaired) electrons. The van der Waals surface area contributed by atoms with Gasteiger partial charge in [0.05, 0.1) is 11.0 Å². The number of aromatic amines is 1. The molecule has 2 heterocycles. The number of fused-ring (bicyclic) bond motifs is 1. The van der Waals surface area contributed by atoms with Gasteiger partial charge in [-0.2, -0.15) is 0 Å². The third-order valence-corrected chi connectivity index (χ3v) is 3.60. The van der Waals surface area contributed by atoms with Gasteiger partial charge in [-0.05, 0) is 31.4 Å². The van der Waals surface area contributed by atoms with E-state index < -0.39 is 0 Å². The summed E-state index contributed by atoms with van der Waals surface area (Å²) in [7, 11) is 2.16. The Morgan fingerprint density at radius 2 is 1.82 bits per heavy atom. The Kier molecular flexibility index (Phi) is 2.64. The van der Waals surface area contributed by atoms with Crippen LogP contribution in [0.3, 0.4) is 0 Å². The maximum absolute atomic E-state index is 5.42. The van der Waals surface area contributed by atoms with Crippen molar-refractivity contribution in [2.75, 3.05) is 38.2 Å². The molecule has 0 saturated carbocycles. The topological polar surface area (TPSA) is 27.2 Å². The molecule has 1 aliphatic rings. The number of para-hydroxylation sites is 2. The Bertz CT molecular complexity index is 577. The van der Waals surface area contributed by atoms with E-state index in [1.807, 2.05) is 6.07 Å². The van der Waals surface area contributed by atoms with Gasteiger partial charge in [-0.15, -0.1) is 0 Å². The Balaban J connectivity index is 2.05. The first-order valence-electron chi connectivity index (χ1n) is 5.89. The van der Waals surface area contributed by atoms with E-state index in [1.54, 1.807) is 0 Å². The maximum atomic E-state index is 5.42. The number of hydrogen-bond acceptors (Lipinski definition) is 3. The van der Waals surface area contributed by atoms with Crippen molar-refractivity contribution in [3.05, 3.63) is 29.0 Å². The molecule has 1 aromatic carbocycles. The molecule has 0 spiro atoms. The van der Waals surface area contributed by atoms with Crippen molar-refractivity contribution >= 4 is 23.3 Å². The fourth-order valence-electron chi connectivity index (χ4n) is 2.32. The first-order chi connectivity index (χ1) is 8.25. The molecule has 0 amide bonds. The average Bonchev–Trinajstić information content (AvgIpc) is 2.66. The molecule has 5 heteroatoms. The van der Waals surface area contributed by atoms with E-state index in [4.69, 9.17) is 12.2 Å². The molecule has 1 N–H and O–H groups in total. The standard InChI is InChI=1S/C12H16N4S/c1-14-6-8-15(9-7-14)16-11-5-3-2-4-10(11)13-12(16)17/h2-5H,6-9H2,1H3,(H,13,17). The fraction of sp³-hybridized carbons (Fsp3) is 0.417. The van der Waals surface area contributed by atoms with Gasteiger partial charge < -0.3 is 14.9 Å². The molecule has 90 valence electrons. The van der Waals surface area contributed by atoms with Gasteiger partial charge in [0.2, 0.25) is 0 Å². The molecule has 0 bridgehead atoms. The molecule has 1 aromatic heterocycles. The Morgan fingerprint density at radius 1 is 1.12 bits per heavy atom. The van der Waals surface area contributed by atoms with E-state index in [0.717, 1.165) is 36.5 Å². The van der Waals surface area contributed by atoms with Crippen molar-refractivity contribution in [3.63, 3.8) is 0 Å². The number of H-pyrrole nitrogens is 1. The summed E-state index contributed by atoms with van der Waals surface area (Å²) in [6.07, 6.45) is 0. The summed E-state index contributed by atoms with van der Waals surface area (Å²) < 4.78 is 2.92. The van der Waals surface area contributed by atoms with E-state index in [2.05, 4.69) is 44.8 Å². The van der Waals surface area contributed by atoms with Gasteiger partial charge in [0.25, 0.3) is 0 Å². The van der Waals surface area contributed by atoms with Crippen LogP contribution in [0.1, 0.15) is 0 Å². The van der Waals surface area contributed by atoms with Crippen molar-refractivity contribution in [2.45, 2.75) is 0 Å². The summed E-state index contributed by atoms with van der Waals surface area (Å²) in [5.41, 5.74) is 2.28. The molecule has 1 aliphatic heterocycles. The summed E-state index contributed by atoms with van der Waals surface area (Å²) in [6.45, 7) is 4.21. The van der Waals surface area contributed by atoms with Gasteiger partial charge >= 0.3 is 0 Å². The summed E-state index contributed by atoms with van der Waals surface area (Å²) in [5, 5.41) is 2.32. The van der Waals surface area contributed by atoms with Crippen LogP contribution in [0.5, 0.6) is 0 Å². The number of nitrogens with zero attached hydrogens (tertiary/aromatic N) is 3. The van der Waals surface area contributed by atoms with Gasteiger partial charge in [-0.1, -0.05) is 12.1 Å². The zero-order valence-corrected chi connectivity index (χ0v) is 10.7. The van der Waals surface area contributed by atoms with Gasteiger partial charge in [0.15, 0.2) is 4.77 Å². The highest BCUT2D eigenvalue weighted by Gasteiger charge is 2.16. The van der Waals surface area contributed by atoms with Crippen LogP contribution >= 0.6 is 12.2 Å². The smallest absolute Gasteiger partial charge is 0.197 e. The predicted molar refractivity (Wildman–Crippen MR) is 72.6 cm³/mol. The van der Waals surface area contributed by atoms with E-state index in [9.17, 15) is 0 Å². The highest BCUT2D eigenvalue weighted by Crippen LogP contribution is 2.14. The normalized spacial score (nSPS) is 17.8. The number of benzene rings is 1. The molecular weight excluding hydrogens is 232 g/mol. The van der Waals surface area contributed by atoms with Crippen molar-refractivity contribution in [1.82, 2.24) is 14.6 Å². The Morgan fingerprint density at radius 3 is 2.59 bits per heavy atom. The number of imidazole rings is 1. The molecule has 4 nitrogen and oxygen atoms in total. The van der Waals surface area contributed by atoms with Crippen LogP contribution in [0.25, 0.3) is 11.0 Å². The molecule has 3 rings (SSSR count). The largest absolute Gasteiger partial charge is 0.329 e. The van der Waals surface area contributed by atoms with Crippen LogP contribution in [0.15, 0.2) is 24.3 Å². The van der Waals surface area contributed by atoms with E-state index in [0.29, 0.717) is 0 Å². The first-order valence-corrected chi connectivity index (χ1v) is 6.30. The van der Waals surface area contributed by atoms with E-state index in [-0.39, 0.29) is 0 Å². The van der Waals surface area contributed by atoms with E-state index >= 15 is 0 Å². The number of hydrogen-bond donors (Lipinski definition) is 1. The lowest BCUT2D eigenvalue weighted by atomic mass is 10.3. The minimum absolute atomic E-state index is 0.788. The highest BCUT2D eigenvalue weighted by atomic mass is 32.1. The predicted octanol–water partition coefficient (Wildman–Crippen LogP) is 1.58. The highest BCUT2D eigenvalue weighted by molar-refractivity contribution is 7.71.